The molecule has 1 aliphatic heterocycles. The van der Waals surface area contributed by atoms with Gasteiger partial charge in [-0.3, -0.25) is 9.71 Å². The van der Waals surface area contributed by atoms with Gasteiger partial charge in [-0.25, -0.2) is 8.42 Å². The Morgan fingerprint density at radius 2 is 1.97 bits per heavy atom. The highest BCUT2D eigenvalue weighted by Gasteiger charge is 2.42. The molecule has 0 unspecified atom stereocenters. The van der Waals surface area contributed by atoms with Gasteiger partial charge in [0.25, 0.3) is 0 Å². The molecular weight excluding hydrogens is 420 g/mol. The van der Waals surface area contributed by atoms with E-state index in [4.69, 9.17) is 16.6 Å². The van der Waals surface area contributed by atoms with E-state index < -0.39 is 10.0 Å². The second-order valence-corrected chi connectivity index (χ2v) is 9.45. The van der Waals surface area contributed by atoms with E-state index in [9.17, 15) is 8.42 Å². The zero-order chi connectivity index (χ0) is 21.5. The third-order valence-corrected chi connectivity index (χ3v) is 5.84. The highest BCUT2D eigenvalue weighted by Crippen LogP contribution is 2.42. The summed E-state index contributed by atoms with van der Waals surface area (Å²) in [5.41, 5.74) is 3.01. The molecule has 1 fully saturated rings. The van der Waals surface area contributed by atoms with Gasteiger partial charge in [0, 0.05) is 11.9 Å². The van der Waals surface area contributed by atoms with E-state index in [0.717, 1.165) is 34.7 Å². The van der Waals surface area contributed by atoms with Crippen LogP contribution in [0, 0.1) is 13.8 Å². The molecule has 1 aliphatic rings. The summed E-state index contributed by atoms with van der Waals surface area (Å²) >= 11 is 5.68. The summed E-state index contributed by atoms with van der Waals surface area (Å²) in [6.07, 6.45) is 2.88. The molecule has 2 N–H and O–H groups in total. The monoisotopic (exact) mass is 442 g/mol. The highest BCUT2D eigenvalue weighted by atomic mass is 32.2. The summed E-state index contributed by atoms with van der Waals surface area (Å²) in [5.74, 6) is 1.58. The number of hydrogen-bond acceptors (Lipinski definition) is 5. The molecule has 4 rings (SSSR count). The van der Waals surface area contributed by atoms with Crippen molar-refractivity contribution in [2.75, 3.05) is 15.9 Å². The number of aromatic nitrogens is 1. The van der Waals surface area contributed by atoms with E-state index in [1.54, 1.807) is 12.3 Å². The fourth-order valence-electron chi connectivity index (χ4n) is 3.65. The summed E-state index contributed by atoms with van der Waals surface area (Å²) < 4.78 is 31.7. The van der Waals surface area contributed by atoms with Crippen molar-refractivity contribution < 1.29 is 12.8 Å². The number of hydrogen-bond donors (Lipinski definition) is 2. The average molecular weight is 443 g/mol. The van der Waals surface area contributed by atoms with Crippen molar-refractivity contribution in [1.29, 1.82) is 0 Å². The van der Waals surface area contributed by atoms with Gasteiger partial charge in [-0.05, 0) is 74.1 Å². The van der Waals surface area contributed by atoms with Crippen molar-refractivity contribution >= 4 is 38.7 Å². The second-order valence-electron chi connectivity index (χ2n) is 7.32. The number of thiocarbonyl (C=S) groups is 1. The first-order valence-corrected chi connectivity index (χ1v) is 11.7. The first kappa shape index (κ1) is 20.4. The van der Waals surface area contributed by atoms with Crippen LogP contribution in [0.2, 0.25) is 0 Å². The summed E-state index contributed by atoms with van der Waals surface area (Å²) in [5, 5.41) is 3.92. The Morgan fingerprint density at radius 1 is 1.17 bits per heavy atom. The number of furan rings is 1. The minimum absolute atomic E-state index is 0.196. The molecule has 1 aromatic carbocycles. The lowest BCUT2D eigenvalue weighted by molar-refractivity contribution is 0.418. The Hall–Kier alpha value is -2.91. The molecule has 9 heteroatoms. The maximum atomic E-state index is 11.6. The van der Waals surface area contributed by atoms with Crippen LogP contribution in [-0.2, 0) is 10.0 Å². The number of nitrogens with one attached hydrogen (secondary N) is 2. The van der Waals surface area contributed by atoms with Crippen molar-refractivity contribution in [2.24, 2.45) is 0 Å². The zero-order valence-corrected chi connectivity index (χ0v) is 18.4. The summed E-state index contributed by atoms with van der Waals surface area (Å²) in [7, 11) is -3.36. The molecule has 30 heavy (non-hydrogen) atoms. The largest absolute Gasteiger partial charge is 0.464 e. The highest BCUT2D eigenvalue weighted by molar-refractivity contribution is 7.92. The van der Waals surface area contributed by atoms with Crippen LogP contribution < -0.4 is 14.9 Å². The van der Waals surface area contributed by atoms with Crippen molar-refractivity contribution in [1.82, 2.24) is 10.3 Å². The lowest BCUT2D eigenvalue weighted by Gasteiger charge is -2.26. The Kier molecular flexibility index (Phi) is 5.25. The zero-order valence-electron chi connectivity index (χ0n) is 16.8. The number of anilines is 2. The predicted octanol–water partition coefficient (Wildman–Crippen LogP) is 3.84. The van der Waals surface area contributed by atoms with E-state index in [0.29, 0.717) is 10.8 Å². The van der Waals surface area contributed by atoms with Gasteiger partial charge in [0.1, 0.15) is 17.6 Å². The van der Waals surface area contributed by atoms with Crippen LogP contribution in [-0.4, -0.2) is 24.8 Å². The van der Waals surface area contributed by atoms with Crippen molar-refractivity contribution in [3.63, 3.8) is 0 Å². The fraction of sp³-hybridized carbons (Fsp3) is 0.238. The molecule has 0 saturated carbocycles. The summed E-state index contributed by atoms with van der Waals surface area (Å²) in [4.78, 5) is 6.50. The number of pyridine rings is 1. The van der Waals surface area contributed by atoms with Gasteiger partial charge in [-0.2, -0.15) is 0 Å². The van der Waals surface area contributed by atoms with Gasteiger partial charge in [-0.15, -0.1) is 0 Å². The van der Waals surface area contributed by atoms with Crippen molar-refractivity contribution in [3.05, 3.63) is 77.5 Å². The van der Waals surface area contributed by atoms with Gasteiger partial charge in [-0.1, -0.05) is 6.07 Å². The molecule has 0 bridgehead atoms. The number of rotatable bonds is 5. The summed E-state index contributed by atoms with van der Waals surface area (Å²) in [6, 6.07) is 14.7. The third-order valence-electron chi connectivity index (χ3n) is 4.93. The van der Waals surface area contributed by atoms with Gasteiger partial charge in [0.2, 0.25) is 10.0 Å². The van der Waals surface area contributed by atoms with Gasteiger partial charge in [0.05, 0.1) is 23.7 Å². The first-order chi connectivity index (χ1) is 14.2. The Labute approximate surface area is 181 Å². The van der Waals surface area contributed by atoms with Gasteiger partial charge >= 0.3 is 0 Å². The SMILES string of the molecule is Cc1ccc([C@H]2[C@@H](c3ccccn3)NC(=S)N2c2ccc(NS(C)(=O)=O)c(C)c2)o1. The molecule has 0 radical (unpaired) electrons. The van der Waals surface area contributed by atoms with Crippen LogP contribution >= 0.6 is 12.2 Å². The molecule has 156 valence electrons. The molecule has 1 saturated heterocycles. The Bertz CT molecular complexity index is 1190. The number of aryl methyl sites for hydroxylation is 2. The minimum Gasteiger partial charge on any atom is -0.464 e. The van der Waals surface area contributed by atoms with Crippen molar-refractivity contribution in [3.8, 4) is 0 Å². The lowest BCUT2D eigenvalue weighted by Crippen LogP contribution is -2.29. The van der Waals surface area contributed by atoms with Crippen LogP contribution in [0.25, 0.3) is 0 Å². The van der Waals surface area contributed by atoms with Crippen LogP contribution in [0.15, 0.2) is 59.1 Å². The molecule has 0 spiro atoms. The quantitative estimate of drug-likeness (QED) is 0.581. The maximum absolute atomic E-state index is 11.6. The van der Waals surface area contributed by atoms with Crippen LogP contribution in [0.5, 0.6) is 0 Å². The Morgan fingerprint density at radius 3 is 2.57 bits per heavy atom. The fourth-order valence-corrected chi connectivity index (χ4v) is 4.62. The molecule has 2 aromatic heterocycles. The van der Waals surface area contributed by atoms with E-state index in [2.05, 4.69) is 15.0 Å². The van der Waals surface area contributed by atoms with Crippen LogP contribution in [0.3, 0.4) is 0 Å². The average Bonchev–Trinajstić information content (AvgIpc) is 3.26. The van der Waals surface area contributed by atoms with Crippen molar-refractivity contribution in [2.45, 2.75) is 25.9 Å². The van der Waals surface area contributed by atoms with Gasteiger partial charge in [0.15, 0.2) is 5.11 Å². The molecule has 3 aromatic rings. The lowest BCUT2D eigenvalue weighted by atomic mass is 10.0. The smallest absolute Gasteiger partial charge is 0.229 e. The van der Waals surface area contributed by atoms with Crippen LogP contribution in [0.4, 0.5) is 11.4 Å². The van der Waals surface area contributed by atoms with E-state index in [1.807, 2.05) is 61.2 Å². The van der Waals surface area contributed by atoms with E-state index in [1.165, 1.54) is 0 Å². The Balaban J connectivity index is 1.77. The third kappa shape index (κ3) is 4.03. The molecule has 0 aliphatic carbocycles. The normalized spacial score (nSPS) is 19.0. The van der Waals surface area contributed by atoms with Gasteiger partial charge < -0.3 is 14.6 Å². The molecule has 2 atom stereocenters. The van der Waals surface area contributed by atoms with Crippen LogP contribution in [0.1, 0.15) is 34.9 Å². The topological polar surface area (TPSA) is 87.5 Å². The maximum Gasteiger partial charge on any atom is 0.229 e. The number of nitrogens with zero attached hydrogens (tertiary/aromatic N) is 2. The molecule has 0 amide bonds. The van der Waals surface area contributed by atoms with E-state index in [-0.39, 0.29) is 12.1 Å². The summed E-state index contributed by atoms with van der Waals surface area (Å²) in [6.45, 7) is 3.76. The molecule has 7 nitrogen and oxygen atoms in total. The number of sulfonamides is 1. The second kappa shape index (κ2) is 7.73. The first-order valence-electron chi connectivity index (χ1n) is 9.38. The number of benzene rings is 1. The molecule has 3 heterocycles. The van der Waals surface area contributed by atoms with E-state index >= 15 is 0 Å². The minimum atomic E-state index is -3.36. The predicted molar refractivity (Wildman–Crippen MR) is 121 cm³/mol. The standard InChI is InChI=1S/C21H22N4O3S2/c1-13-12-15(8-9-16(13)24-30(3,26)27)25-20(18-10-7-14(2)28-18)19(23-21(25)29)17-6-4-5-11-22-17/h4-12,19-20,24H,1-3H3,(H,23,29)/t19-,20+/m1/s1. The molecular formula is C21H22N4O3S2.